The molecule has 3 heterocycles. The Balaban J connectivity index is 1.59. The summed E-state index contributed by atoms with van der Waals surface area (Å²) in [7, 11) is 1.51. The fraction of sp³-hybridized carbons (Fsp3) is 0.400. The number of anilines is 1. The maximum Gasteiger partial charge on any atom is 0.260 e. The van der Waals surface area contributed by atoms with Crippen LogP contribution in [0, 0.1) is 0 Å². The third-order valence-electron chi connectivity index (χ3n) is 5.28. The van der Waals surface area contributed by atoms with Gasteiger partial charge in [-0.25, -0.2) is 4.68 Å². The number of nitrogens with two attached hydrogens (primary N) is 1. The van der Waals surface area contributed by atoms with Crippen LogP contribution in [0.3, 0.4) is 0 Å². The van der Waals surface area contributed by atoms with Crippen molar-refractivity contribution in [2.24, 2.45) is 5.73 Å². The summed E-state index contributed by atoms with van der Waals surface area (Å²) in [5.74, 6) is 0.667. The second-order valence-corrected chi connectivity index (χ2v) is 7.15. The van der Waals surface area contributed by atoms with Crippen molar-refractivity contribution >= 4 is 17.8 Å². The highest BCUT2D eigenvalue weighted by Crippen LogP contribution is 2.38. The number of nitrogens with one attached hydrogen (secondary N) is 1. The first kappa shape index (κ1) is 20.7. The van der Waals surface area contributed by atoms with Gasteiger partial charge in [-0.2, -0.15) is 10.1 Å². The van der Waals surface area contributed by atoms with E-state index in [-0.39, 0.29) is 12.5 Å². The first-order chi connectivity index (χ1) is 15.0. The quantitative estimate of drug-likeness (QED) is 0.671. The molecule has 1 atom stereocenters. The lowest BCUT2D eigenvalue weighted by Gasteiger charge is -2.28. The number of aromatic nitrogens is 3. The van der Waals surface area contributed by atoms with E-state index >= 15 is 0 Å². The zero-order valence-corrected chi connectivity index (χ0v) is 17.3. The van der Waals surface area contributed by atoms with Crippen molar-refractivity contribution in [1.29, 1.82) is 0 Å². The normalized spacial score (nSPS) is 18.3. The van der Waals surface area contributed by atoms with Gasteiger partial charge >= 0.3 is 0 Å². The molecule has 1 aromatic heterocycles. The Labute approximate surface area is 178 Å². The van der Waals surface area contributed by atoms with Crippen LogP contribution in [0.5, 0.6) is 11.5 Å². The van der Waals surface area contributed by atoms with E-state index in [0.29, 0.717) is 60.6 Å². The minimum Gasteiger partial charge on any atom is -0.493 e. The summed E-state index contributed by atoms with van der Waals surface area (Å²) in [5, 5.41) is 7.28. The Bertz CT molecular complexity index is 1030. The molecule has 3 N–H and O–H groups in total. The van der Waals surface area contributed by atoms with Gasteiger partial charge in [0.25, 0.3) is 5.91 Å². The van der Waals surface area contributed by atoms with Gasteiger partial charge in [-0.15, -0.1) is 0 Å². The van der Waals surface area contributed by atoms with E-state index in [1.165, 1.54) is 13.4 Å². The Kier molecular flexibility index (Phi) is 5.76. The van der Waals surface area contributed by atoms with Gasteiger partial charge in [0.15, 0.2) is 18.1 Å². The number of hydrogen-bond acceptors (Lipinski definition) is 8. The van der Waals surface area contributed by atoms with E-state index in [4.69, 9.17) is 19.9 Å². The summed E-state index contributed by atoms with van der Waals surface area (Å²) in [6, 6.07) is 4.66. The minimum atomic E-state index is -0.575. The monoisotopic (exact) mass is 428 g/mol. The van der Waals surface area contributed by atoms with Crippen LogP contribution < -0.4 is 20.5 Å². The molecule has 31 heavy (non-hydrogen) atoms. The van der Waals surface area contributed by atoms with Crippen molar-refractivity contribution < 1.29 is 23.8 Å². The van der Waals surface area contributed by atoms with Crippen molar-refractivity contribution in [3.8, 4) is 11.5 Å². The van der Waals surface area contributed by atoms with E-state index in [9.17, 15) is 9.59 Å². The van der Waals surface area contributed by atoms with Gasteiger partial charge in [-0.3, -0.25) is 9.59 Å². The highest BCUT2D eigenvalue weighted by Gasteiger charge is 2.32. The first-order valence-electron chi connectivity index (χ1n) is 9.83. The average molecular weight is 428 g/mol. The zero-order chi connectivity index (χ0) is 22.0. The molecule has 2 aromatic rings. The molecule has 11 nitrogen and oxygen atoms in total. The highest BCUT2D eigenvalue weighted by molar-refractivity contribution is 5.95. The third-order valence-corrected chi connectivity index (χ3v) is 5.28. The number of methoxy groups -OCH3 is 1. The summed E-state index contributed by atoms with van der Waals surface area (Å²) >= 11 is 0. The maximum atomic E-state index is 12.4. The number of ether oxygens (including phenoxy) is 3. The lowest BCUT2D eigenvalue weighted by atomic mass is 9.95. The number of carbonyl (C=O) groups is 2. The van der Waals surface area contributed by atoms with Crippen LogP contribution in [-0.4, -0.2) is 71.5 Å². The van der Waals surface area contributed by atoms with E-state index in [1.54, 1.807) is 34.7 Å². The molecule has 2 aliphatic heterocycles. The summed E-state index contributed by atoms with van der Waals surface area (Å²) in [6.45, 7) is 3.81. The number of hydrogen-bond donors (Lipinski definition) is 2. The van der Waals surface area contributed by atoms with Crippen molar-refractivity contribution in [3.05, 3.63) is 41.4 Å². The predicted molar refractivity (Wildman–Crippen MR) is 110 cm³/mol. The summed E-state index contributed by atoms with van der Waals surface area (Å²) in [4.78, 5) is 30.4. The largest absolute Gasteiger partial charge is 0.493 e. The van der Waals surface area contributed by atoms with Gasteiger partial charge in [0.1, 0.15) is 12.4 Å². The minimum absolute atomic E-state index is 0.109. The first-order valence-corrected chi connectivity index (χ1v) is 9.83. The topological polar surface area (TPSA) is 134 Å². The van der Waals surface area contributed by atoms with Gasteiger partial charge in [0.2, 0.25) is 11.9 Å². The van der Waals surface area contributed by atoms with E-state index < -0.39 is 11.9 Å². The number of allylic oxidation sites excluding steroid dienone is 1. The number of morpholine rings is 1. The molecule has 0 radical (unpaired) electrons. The smallest absolute Gasteiger partial charge is 0.260 e. The van der Waals surface area contributed by atoms with Crippen molar-refractivity contribution in [2.75, 3.05) is 45.3 Å². The standard InChI is InChI=1S/C20H24N6O5/c1-12-17(19(21)28)18(26-20(24-12)22-11-23-26)13-3-4-14(15(9-13)29-2)31-10-16(27)25-5-7-30-8-6-25/h3-4,9,11,18H,5-8,10H2,1-2H3,(H2,21,28)(H,22,23,24). The molecule has 2 aliphatic rings. The van der Waals surface area contributed by atoms with Gasteiger partial charge in [0.05, 0.1) is 25.9 Å². The molecule has 1 saturated heterocycles. The molecule has 1 unspecified atom stereocenters. The fourth-order valence-electron chi connectivity index (χ4n) is 3.74. The molecule has 4 rings (SSSR count). The molecule has 11 heteroatoms. The van der Waals surface area contributed by atoms with Crippen LogP contribution in [0.15, 0.2) is 35.8 Å². The number of nitrogens with zero attached hydrogens (tertiary/aromatic N) is 4. The highest BCUT2D eigenvalue weighted by atomic mass is 16.5. The van der Waals surface area contributed by atoms with Crippen molar-refractivity contribution in [2.45, 2.75) is 13.0 Å². The van der Waals surface area contributed by atoms with Gasteiger partial charge in [-0.1, -0.05) is 6.07 Å². The summed E-state index contributed by atoms with van der Waals surface area (Å²) in [6.07, 6.45) is 1.40. The van der Waals surface area contributed by atoms with Crippen LogP contribution in [0.25, 0.3) is 0 Å². The SMILES string of the molecule is COc1cc(C2C(C(N)=O)=C(C)Nc3ncnn32)ccc1OCC(=O)N1CCOCC1. The Morgan fingerprint density at radius 2 is 2.06 bits per heavy atom. The Morgan fingerprint density at radius 3 is 2.77 bits per heavy atom. The molecule has 1 aromatic carbocycles. The third kappa shape index (κ3) is 4.04. The molecule has 0 saturated carbocycles. The van der Waals surface area contributed by atoms with Gasteiger partial charge in [-0.05, 0) is 24.6 Å². The van der Waals surface area contributed by atoms with Crippen LogP contribution in [0.2, 0.25) is 0 Å². The summed E-state index contributed by atoms with van der Waals surface area (Å²) in [5.41, 5.74) is 7.35. The zero-order valence-electron chi connectivity index (χ0n) is 17.3. The maximum absolute atomic E-state index is 12.4. The van der Waals surface area contributed by atoms with Crippen molar-refractivity contribution in [3.63, 3.8) is 0 Å². The summed E-state index contributed by atoms with van der Waals surface area (Å²) < 4.78 is 18.1. The number of primary amides is 1. The van der Waals surface area contributed by atoms with Gasteiger partial charge in [0, 0.05) is 18.8 Å². The number of rotatable bonds is 6. The molecule has 0 bridgehead atoms. The lowest BCUT2D eigenvalue weighted by molar-refractivity contribution is -0.137. The fourth-order valence-corrected chi connectivity index (χ4v) is 3.74. The van der Waals surface area contributed by atoms with Crippen LogP contribution in [0.4, 0.5) is 5.95 Å². The molecule has 2 amide bonds. The van der Waals surface area contributed by atoms with E-state index in [0.717, 1.165) is 0 Å². The molecule has 0 aliphatic carbocycles. The molecular formula is C20H24N6O5. The van der Waals surface area contributed by atoms with Crippen molar-refractivity contribution in [1.82, 2.24) is 19.7 Å². The molecular weight excluding hydrogens is 404 g/mol. The average Bonchev–Trinajstić information content (AvgIpc) is 3.24. The molecule has 164 valence electrons. The lowest BCUT2D eigenvalue weighted by Crippen LogP contribution is -2.43. The van der Waals surface area contributed by atoms with Crippen LogP contribution in [0.1, 0.15) is 18.5 Å². The van der Waals surface area contributed by atoms with Crippen LogP contribution >= 0.6 is 0 Å². The van der Waals surface area contributed by atoms with Gasteiger partial charge < -0.3 is 30.2 Å². The Morgan fingerprint density at radius 1 is 1.29 bits per heavy atom. The number of fused-ring (bicyclic) bond motifs is 1. The predicted octanol–water partition coefficient (Wildman–Crippen LogP) is 0.299. The number of benzene rings is 1. The van der Waals surface area contributed by atoms with E-state index in [1.807, 2.05) is 0 Å². The number of carbonyl (C=O) groups excluding carboxylic acids is 2. The second-order valence-electron chi connectivity index (χ2n) is 7.15. The number of amides is 2. The van der Waals surface area contributed by atoms with E-state index in [2.05, 4.69) is 15.4 Å². The van der Waals surface area contributed by atoms with Crippen LogP contribution in [-0.2, 0) is 14.3 Å². The molecule has 1 fully saturated rings. The second kappa shape index (κ2) is 8.64. The Hall–Kier alpha value is -3.60. The molecule has 0 spiro atoms.